The van der Waals surface area contributed by atoms with Crippen LogP contribution in [-0.2, 0) is 6.54 Å². The molecule has 1 aromatic carbocycles. The highest BCUT2D eigenvalue weighted by Crippen LogP contribution is 2.25. The molecular formula is C12H12BrN5. The van der Waals surface area contributed by atoms with E-state index < -0.39 is 0 Å². The molecule has 3 N–H and O–H groups in total. The molecule has 0 bridgehead atoms. The third-order valence-electron chi connectivity index (χ3n) is 2.80. The van der Waals surface area contributed by atoms with E-state index >= 15 is 0 Å². The summed E-state index contributed by atoms with van der Waals surface area (Å²) < 4.78 is 0.743. The van der Waals surface area contributed by atoms with Crippen LogP contribution in [0.25, 0.3) is 22.3 Å². The predicted octanol–water partition coefficient (Wildman–Crippen LogP) is 2.43. The van der Waals surface area contributed by atoms with E-state index in [4.69, 9.17) is 0 Å². The lowest BCUT2D eigenvalue weighted by Gasteiger charge is -2.02. The Kier molecular flexibility index (Phi) is 2.89. The third kappa shape index (κ3) is 1.93. The molecule has 92 valence electrons. The maximum absolute atomic E-state index is 4.48. The number of imidazole rings is 2. The molecule has 6 heteroatoms. The van der Waals surface area contributed by atoms with E-state index in [0.717, 1.165) is 39.3 Å². The first kappa shape index (κ1) is 11.4. The highest BCUT2D eigenvalue weighted by atomic mass is 79.9. The molecule has 18 heavy (non-hydrogen) atoms. The fraction of sp³-hybridized carbons (Fsp3) is 0.167. The molecule has 0 saturated carbocycles. The largest absolute Gasteiger partial charge is 0.345 e. The van der Waals surface area contributed by atoms with Crippen molar-refractivity contribution >= 4 is 27.0 Å². The minimum Gasteiger partial charge on any atom is -0.345 e. The van der Waals surface area contributed by atoms with Crippen LogP contribution in [0.15, 0.2) is 29.3 Å². The zero-order chi connectivity index (χ0) is 12.5. The molecule has 5 nitrogen and oxygen atoms in total. The van der Waals surface area contributed by atoms with Crippen LogP contribution >= 0.6 is 15.9 Å². The molecule has 2 heterocycles. The molecule has 0 aliphatic carbocycles. The third-order valence-corrected chi connectivity index (χ3v) is 3.17. The summed E-state index contributed by atoms with van der Waals surface area (Å²) in [6, 6.07) is 6.09. The van der Waals surface area contributed by atoms with Crippen molar-refractivity contribution in [1.82, 2.24) is 25.3 Å². The summed E-state index contributed by atoms with van der Waals surface area (Å²) in [5.74, 6) is 0. The Labute approximate surface area is 112 Å². The van der Waals surface area contributed by atoms with E-state index in [-0.39, 0.29) is 0 Å². The number of rotatable bonds is 3. The number of benzene rings is 1. The van der Waals surface area contributed by atoms with Gasteiger partial charge in [0.2, 0.25) is 0 Å². The maximum atomic E-state index is 4.48. The van der Waals surface area contributed by atoms with Crippen molar-refractivity contribution in [3.63, 3.8) is 0 Å². The van der Waals surface area contributed by atoms with Gasteiger partial charge in [-0.2, -0.15) is 0 Å². The number of nitrogens with one attached hydrogen (secondary N) is 3. The van der Waals surface area contributed by atoms with Crippen LogP contribution in [0.5, 0.6) is 0 Å². The van der Waals surface area contributed by atoms with Crippen molar-refractivity contribution in [2.24, 2.45) is 0 Å². The van der Waals surface area contributed by atoms with E-state index in [9.17, 15) is 0 Å². The number of nitrogens with zero attached hydrogens (tertiary/aromatic N) is 2. The summed E-state index contributed by atoms with van der Waals surface area (Å²) in [6.45, 7) is 0.745. The molecule has 0 aliphatic heterocycles. The van der Waals surface area contributed by atoms with Crippen molar-refractivity contribution < 1.29 is 0 Å². The highest BCUT2D eigenvalue weighted by molar-refractivity contribution is 9.10. The average Bonchev–Trinajstić information content (AvgIpc) is 2.95. The molecule has 0 aliphatic rings. The van der Waals surface area contributed by atoms with Gasteiger partial charge in [-0.25, -0.2) is 9.97 Å². The van der Waals surface area contributed by atoms with Gasteiger partial charge in [-0.05, 0) is 35.1 Å². The van der Waals surface area contributed by atoms with Crippen LogP contribution in [-0.4, -0.2) is 27.0 Å². The zero-order valence-electron chi connectivity index (χ0n) is 9.79. The van der Waals surface area contributed by atoms with Gasteiger partial charge in [0.25, 0.3) is 0 Å². The van der Waals surface area contributed by atoms with Crippen LogP contribution in [0.4, 0.5) is 0 Å². The minimum absolute atomic E-state index is 0.743. The van der Waals surface area contributed by atoms with Crippen molar-refractivity contribution in [2.45, 2.75) is 6.54 Å². The number of H-pyrrole nitrogens is 2. The first-order valence-corrected chi connectivity index (χ1v) is 6.39. The van der Waals surface area contributed by atoms with Crippen LogP contribution in [0.1, 0.15) is 5.69 Å². The Morgan fingerprint density at radius 2 is 2.28 bits per heavy atom. The average molecular weight is 306 g/mol. The standard InChI is InChI=1S/C12H12BrN5/c1-14-5-10-11(18-12(13)17-10)7-2-3-8-9(4-7)16-6-15-8/h2-4,6,14H,5H2,1H3,(H,15,16)(H,17,18). The van der Waals surface area contributed by atoms with E-state index in [1.807, 2.05) is 19.2 Å². The minimum atomic E-state index is 0.743. The van der Waals surface area contributed by atoms with Gasteiger partial charge in [-0.15, -0.1) is 0 Å². The second kappa shape index (κ2) is 4.55. The van der Waals surface area contributed by atoms with Crippen molar-refractivity contribution in [1.29, 1.82) is 0 Å². The van der Waals surface area contributed by atoms with Crippen LogP contribution in [0.2, 0.25) is 0 Å². The van der Waals surface area contributed by atoms with Gasteiger partial charge in [0, 0.05) is 12.1 Å². The van der Waals surface area contributed by atoms with Crippen molar-refractivity contribution in [3.8, 4) is 11.3 Å². The SMILES string of the molecule is CNCc1[nH]c(Br)nc1-c1ccc2nc[nH]c2c1. The number of hydrogen-bond donors (Lipinski definition) is 3. The number of aromatic amines is 2. The Morgan fingerprint density at radius 3 is 3.11 bits per heavy atom. The second-order valence-corrected chi connectivity index (χ2v) is 4.77. The monoisotopic (exact) mass is 305 g/mol. The van der Waals surface area contributed by atoms with Crippen LogP contribution in [0, 0.1) is 0 Å². The topological polar surface area (TPSA) is 69.4 Å². The summed E-state index contributed by atoms with van der Waals surface area (Å²) in [5, 5.41) is 3.13. The van der Waals surface area contributed by atoms with Crippen LogP contribution in [0.3, 0.4) is 0 Å². The number of halogens is 1. The molecule has 0 saturated heterocycles. The summed E-state index contributed by atoms with van der Waals surface area (Å²) in [5.41, 5.74) is 5.06. The molecule has 0 atom stereocenters. The lowest BCUT2D eigenvalue weighted by atomic mass is 10.1. The summed E-state index contributed by atoms with van der Waals surface area (Å²) in [4.78, 5) is 15.0. The molecule has 3 aromatic rings. The smallest absolute Gasteiger partial charge is 0.175 e. The molecular weight excluding hydrogens is 294 g/mol. The Hall–Kier alpha value is -1.66. The normalized spacial score (nSPS) is 11.2. The molecule has 0 fully saturated rings. The molecule has 0 unspecified atom stereocenters. The first-order chi connectivity index (χ1) is 8.78. The second-order valence-electron chi connectivity index (χ2n) is 4.02. The summed E-state index contributed by atoms with van der Waals surface area (Å²) >= 11 is 3.38. The quantitative estimate of drug-likeness (QED) is 0.696. The number of fused-ring (bicyclic) bond motifs is 1. The van der Waals surface area contributed by atoms with Crippen molar-refractivity contribution in [3.05, 3.63) is 35.0 Å². The van der Waals surface area contributed by atoms with Gasteiger partial charge >= 0.3 is 0 Å². The Morgan fingerprint density at radius 1 is 1.39 bits per heavy atom. The van der Waals surface area contributed by atoms with Gasteiger partial charge < -0.3 is 15.3 Å². The van der Waals surface area contributed by atoms with Crippen molar-refractivity contribution in [2.75, 3.05) is 7.05 Å². The van der Waals surface area contributed by atoms with Gasteiger partial charge in [0.05, 0.1) is 28.7 Å². The summed E-state index contributed by atoms with van der Waals surface area (Å²) in [7, 11) is 1.91. The van der Waals surface area contributed by atoms with Crippen LogP contribution < -0.4 is 5.32 Å². The highest BCUT2D eigenvalue weighted by Gasteiger charge is 2.11. The van der Waals surface area contributed by atoms with Gasteiger partial charge in [0.15, 0.2) is 4.73 Å². The lowest BCUT2D eigenvalue weighted by molar-refractivity contribution is 0.797. The zero-order valence-corrected chi connectivity index (χ0v) is 11.4. The fourth-order valence-electron chi connectivity index (χ4n) is 2.00. The van der Waals surface area contributed by atoms with E-state index in [2.05, 4.69) is 47.2 Å². The maximum Gasteiger partial charge on any atom is 0.175 e. The molecule has 3 rings (SSSR count). The predicted molar refractivity (Wildman–Crippen MR) is 74.1 cm³/mol. The molecule has 0 amide bonds. The van der Waals surface area contributed by atoms with Gasteiger partial charge in [-0.3, -0.25) is 0 Å². The van der Waals surface area contributed by atoms with Gasteiger partial charge in [0.1, 0.15) is 0 Å². The molecule has 2 aromatic heterocycles. The fourth-order valence-corrected chi connectivity index (χ4v) is 2.42. The lowest BCUT2D eigenvalue weighted by Crippen LogP contribution is -2.06. The number of hydrogen-bond acceptors (Lipinski definition) is 3. The van der Waals surface area contributed by atoms with E-state index in [1.165, 1.54) is 0 Å². The van der Waals surface area contributed by atoms with E-state index in [0.29, 0.717) is 0 Å². The Bertz CT molecular complexity index is 685. The summed E-state index contributed by atoms with van der Waals surface area (Å²) in [6.07, 6.45) is 1.70. The van der Waals surface area contributed by atoms with E-state index in [1.54, 1.807) is 6.33 Å². The number of aromatic nitrogens is 4. The Balaban J connectivity index is 2.12. The molecule has 0 radical (unpaired) electrons. The van der Waals surface area contributed by atoms with Gasteiger partial charge in [-0.1, -0.05) is 6.07 Å². The molecule has 0 spiro atoms. The first-order valence-electron chi connectivity index (χ1n) is 5.60.